The van der Waals surface area contributed by atoms with Gasteiger partial charge in [0.25, 0.3) is 5.91 Å². The number of nitrogens with zero attached hydrogens (tertiary/aromatic N) is 1. The Morgan fingerprint density at radius 3 is 2.42 bits per heavy atom. The molecule has 1 amide bonds. The summed E-state index contributed by atoms with van der Waals surface area (Å²) < 4.78 is 0. The SMILES string of the molecule is O=C1NCN2C=C(Sc3ccccc3)C=CC2=C1c1c(Cl)cccc1Cl. The zero-order chi connectivity index (χ0) is 18.1. The number of nitrogens with one attached hydrogen (secondary N) is 1. The summed E-state index contributed by atoms with van der Waals surface area (Å²) in [5.74, 6) is -0.177. The van der Waals surface area contributed by atoms with Crippen LogP contribution in [0.1, 0.15) is 5.56 Å². The Bertz CT molecular complexity index is 947. The summed E-state index contributed by atoms with van der Waals surface area (Å²) in [5.41, 5.74) is 1.84. The molecule has 2 heterocycles. The van der Waals surface area contributed by atoms with Gasteiger partial charge < -0.3 is 10.2 Å². The van der Waals surface area contributed by atoms with Crippen molar-refractivity contribution in [2.24, 2.45) is 0 Å². The van der Waals surface area contributed by atoms with Gasteiger partial charge in [0, 0.05) is 21.6 Å². The first-order valence-electron chi connectivity index (χ1n) is 8.00. The maximum absolute atomic E-state index is 12.6. The normalized spacial score (nSPS) is 16.3. The van der Waals surface area contributed by atoms with Crippen molar-refractivity contribution in [1.82, 2.24) is 10.2 Å². The number of carbonyl (C=O) groups excluding carboxylic acids is 1. The van der Waals surface area contributed by atoms with Crippen molar-refractivity contribution in [3.63, 3.8) is 0 Å². The molecule has 3 nitrogen and oxygen atoms in total. The lowest BCUT2D eigenvalue weighted by Gasteiger charge is -2.32. The van der Waals surface area contributed by atoms with E-state index in [2.05, 4.69) is 17.4 Å². The molecule has 0 radical (unpaired) electrons. The van der Waals surface area contributed by atoms with Crippen LogP contribution in [0.4, 0.5) is 0 Å². The van der Waals surface area contributed by atoms with Crippen molar-refractivity contribution >= 4 is 46.4 Å². The van der Waals surface area contributed by atoms with E-state index in [1.807, 2.05) is 41.5 Å². The van der Waals surface area contributed by atoms with Crippen LogP contribution in [0.25, 0.3) is 5.57 Å². The highest BCUT2D eigenvalue weighted by atomic mass is 35.5. The van der Waals surface area contributed by atoms with E-state index >= 15 is 0 Å². The summed E-state index contributed by atoms with van der Waals surface area (Å²) in [6.07, 6.45) is 5.98. The molecule has 2 aromatic carbocycles. The highest BCUT2D eigenvalue weighted by Crippen LogP contribution is 2.38. The number of hydrogen-bond acceptors (Lipinski definition) is 3. The predicted octanol–water partition coefficient (Wildman–Crippen LogP) is 5.30. The highest BCUT2D eigenvalue weighted by Gasteiger charge is 2.29. The van der Waals surface area contributed by atoms with Gasteiger partial charge >= 0.3 is 0 Å². The van der Waals surface area contributed by atoms with Crippen molar-refractivity contribution in [3.05, 3.63) is 93.1 Å². The molecule has 0 aromatic heterocycles. The molecule has 2 aromatic rings. The molecule has 2 aliphatic rings. The molecule has 0 fully saturated rings. The third-order valence-corrected chi connectivity index (χ3v) is 5.70. The van der Waals surface area contributed by atoms with E-state index in [1.165, 1.54) is 0 Å². The van der Waals surface area contributed by atoms with E-state index in [0.29, 0.717) is 27.9 Å². The Balaban J connectivity index is 1.73. The van der Waals surface area contributed by atoms with E-state index < -0.39 is 0 Å². The number of hydrogen-bond donors (Lipinski definition) is 1. The number of fused-ring (bicyclic) bond motifs is 1. The number of thioether (sulfide) groups is 1. The minimum Gasteiger partial charge on any atom is -0.334 e. The second-order valence-electron chi connectivity index (χ2n) is 5.77. The molecular weight excluding hydrogens is 387 g/mol. The maximum Gasteiger partial charge on any atom is 0.255 e. The third kappa shape index (κ3) is 3.28. The number of amides is 1. The molecule has 1 N–H and O–H groups in total. The van der Waals surface area contributed by atoms with Crippen LogP contribution in [0.15, 0.2) is 82.4 Å². The standard InChI is InChI=1S/C20H14Cl2N2OS/c21-15-7-4-8-16(22)18(15)19-17-10-9-14(11-24(17)12-23-20(19)25)26-13-5-2-1-3-6-13/h1-11H,12H2,(H,23,25). The van der Waals surface area contributed by atoms with E-state index in [9.17, 15) is 4.79 Å². The Kier molecular flexibility index (Phi) is 4.81. The van der Waals surface area contributed by atoms with E-state index in [-0.39, 0.29) is 5.91 Å². The second kappa shape index (κ2) is 7.23. The molecule has 0 spiro atoms. The molecule has 0 saturated heterocycles. The van der Waals surface area contributed by atoms with Crippen LogP contribution in [-0.2, 0) is 4.79 Å². The number of allylic oxidation sites excluding steroid dienone is 2. The van der Waals surface area contributed by atoms with Crippen LogP contribution < -0.4 is 5.32 Å². The zero-order valence-electron chi connectivity index (χ0n) is 13.6. The van der Waals surface area contributed by atoms with E-state index in [1.54, 1.807) is 30.0 Å². The zero-order valence-corrected chi connectivity index (χ0v) is 15.9. The van der Waals surface area contributed by atoms with Crippen molar-refractivity contribution in [2.75, 3.05) is 6.67 Å². The minimum atomic E-state index is -0.177. The summed E-state index contributed by atoms with van der Waals surface area (Å²) in [4.78, 5) is 16.8. The fourth-order valence-corrected chi connectivity index (χ4v) is 4.37. The van der Waals surface area contributed by atoms with Gasteiger partial charge in [0.05, 0.1) is 28.0 Å². The lowest BCUT2D eigenvalue weighted by Crippen LogP contribution is -2.41. The van der Waals surface area contributed by atoms with Gasteiger partial charge in [-0.25, -0.2) is 0 Å². The van der Waals surface area contributed by atoms with Gasteiger partial charge in [0.1, 0.15) is 0 Å². The fraction of sp³-hybridized carbons (Fsp3) is 0.0500. The molecule has 2 aliphatic heterocycles. The molecule has 6 heteroatoms. The largest absolute Gasteiger partial charge is 0.334 e. The molecular formula is C20H14Cl2N2OS. The van der Waals surface area contributed by atoms with Gasteiger partial charge in [-0.2, -0.15) is 0 Å². The van der Waals surface area contributed by atoms with Gasteiger partial charge in [-0.3, -0.25) is 4.79 Å². The summed E-state index contributed by atoms with van der Waals surface area (Å²) >= 11 is 14.3. The quantitative estimate of drug-likeness (QED) is 0.758. The maximum atomic E-state index is 12.6. The Labute approximate surface area is 166 Å². The predicted molar refractivity (Wildman–Crippen MR) is 108 cm³/mol. The molecule has 0 bridgehead atoms. The number of carbonyl (C=O) groups is 1. The lowest BCUT2D eigenvalue weighted by atomic mass is 9.99. The fourth-order valence-electron chi connectivity index (χ4n) is 2.91. The van der Waals surface area contributed by atoms with Crippen molar-refractivity contribution < 1.29 is 4.79 Å². The minimum absolute atomic E-state index is 0.177. The number of benzene rings is 2. The first-order valence-corrected chi connectivity index (χ1v) is 9.57. The summed E-state index contributed by atoms with van der Waals surface area (Å²) in [6, 6.07) is 15.4. The summed E-state index contributed by atoms with van der Waals surface area (Å²) in [6.45, 7) is 0.406. The average molecular weight is 401 g/mol. The van der Waals surface area contributed by atoms with Crippen molar-refractivity contribution in [1.29, 1.82) is 0 Å². The van der Waals surface area contributed by atoms with E-state index in [4.69, 9.17) is 23.2 Å². The highest BCUT2D eigenvalue weighted by molar-refractivity contribution is 8.03. The third-order valence-electron chi connectivity index (χ3n) is 4.08. The first kappa shape index (κ1) is 17.3. The van der Waals surface area contributed by atoms with Gasteiger partial charge in [-0.05, 0) is 36.4 Å². The molecule has 0 saturated carbocycles. The molecule has 130 valence electrons. The van der Waals surface area contributed by atoms with Gasteiger partial charge in [-0.1, -0.05) is 59.2 Å². The Morgan fingerprint density at radius 2 is 1.69 bits per heavy atom. The van der Waals surface area contributed by atoms with Crippen molar-refractivity contribution in [2.45, 2.75) is 4.90 Å². The van der Waals surface area contributed by atoms with Crippen LogP contribution in [0, 0.1) is 0 Å². The lowest BCUT2D eigenvalue weighted by molar-refractivity contribution is -0.116. The van der Waals surface area contributed by atoms with Crippen LogP contribution >= 0.6 is 35.0 Å². The number of rotatable bonds is 3. The molecule has 26 heavy (non-hydrogen) atoms. The smallest absolute Gasteiger partial charge is 0.255 e. The Morgan fingerprint density at radius 1 is 0.962 bits per heavy atom. The number of halogens is 2. The second-order valence-corrected chi connectivity index (χ2v) is 7.73. The monoisotopic (exact) mass is 400 g/mol. The van der Waals surface area contributed by atoms with E-state index in [0.717, 1.165) is 15.5 Å². The van der Waals surface area contributed by atoms with Crippen LogP contribution in [-0.4, -0.2) is 17.5 Å². The van der Waals surface area contributed by atoms with Crippen LogP contribution in [0.3, 0.4) is 0 Å². The molecule has 4 rings (SSSR count). The Hall–Kier alpha value is -2.14. The van der Waals surface area contributed by atoms with Crippen LogP contribution in [0.2, 0.25) is 10.0 Å². The molecule has 0 aliphatic carbocycles. The molecule has 0 unspecified atom stereocenters. The van der Waals surface area contributed by atoms with Gasteiger partial charge in [-0.15, -0.1) is 0 Å². The first-order chi connectivity index (χ1) is 12.6. The van der Waals surface area contributed by atoms with Crippen LogP contribution in [0.5, 0.6) is 0 Å². The van der Waals surface area contributed by atoms with Crippen molar-refractivity contribution in [3.8, 4) is 0 Å². The average Bonchev–Trinajstić information content (AvgIpc) is 2.64. The summed E-state index contributed by atoms with van der Waals surface area (Å²) in [5, 5.41) is 3.81. The van der Waals surface area contributed by atoms with Gasteiger partial charge in [0.2, 0.25) is 0 Å². The van der Waals surface area contributed by atoms with Gasteiger partial charge in [0.15, 0.2) is 0 Å². The topological polar surface area (TPSA) is 32.3 Å². The summed E-state index contributed by atoms with van der Waals surface area (Å²) in [7, 11) is 0. The molecule has 0 atom stereocenters.